The number of nitrogens with zero attached hydrogens (tertiary/aromatic N) is 4. The van der Waals surface area contributed by atoms with Crippen LogP contribution in [-0.2, 0) is 16.5 Å². The van der Waals surface area contributed by atoms with Crippen molar-refractivity contribution in [2.45, 2.75) is 44.0 Å². The van der Waals surface area contributed by atoms with Crippen molar-refractivity contribution in [1.82, 2.24) is 19.7 Å². The Kier molecular flexibility index (Phi) is 3.25. The van der Waals surface area contributed by atoms with Crippen molar-refractivity contribution in [2.24, 2.45) is 0 Å². The van der Waals surface area contributed by atoms with Gasteiger partial charge in [-0.25, -0.2) is 9.97 Å². The number of halogens is 3. The summed E-state index contributed by atoms with van der Waals surface area (Å²) in [6, 6.07) is 1.69. The van der Waals surface area contributed by atoms with Gasteiger partial charge in [0.25, 0.3) is 0 Å². The van der Waals surface area contributed by atoms with Crippen LogP contribution in [0.15, 0.2) is 24.5 Å². The van der Waals surface area contributed by atoms with E-state index in [-0.39, 0.29) is 28.0 Å². The number of aromatic hydroxyl groups is 1. The van der Waals surface area contributed by atoms with Crippen molar-refractivity contribution in [3.63, 3.8) is 0 Å². The van der Waals surface area contributed by atoms with Crippen LogP contribution in [0.1, 0.15) is 30.9 Å². The van der Waals surface area contributed by atoms with Crippen LogP contribution in [0.4, 0.5) is 13.2 Å². The molecule has 1 aliphatic carbocycles. The Morgan fingerprint density at radius 2 is 2.00 bits per heavy atom. The monoisotopic (exact) mass is 390 g/mol. The van der Waals surface area contributed by atoms with Crippen molar-refractivity contribution in [3.05, 3.63) is 35.7 Å². The van der Waals surface area contributed by atoms with Gasteiger partial charge in [-0.3, -0.25) is 4.68 Å². The fourth-order valence-electron chi connectivity index (χ4n) is 4.51. The minimum absolute atomic E-state index is 0.0900. The topological polar surface area (TPSA) is 73.1 Å². The number of hydrogen-bond donors (Lipinski definition) is 1. The Morgan fingerprint density at radius 3 is 2.61 bits per heavy atom. The molecule has 6 nitrogen and oxygen atoms in total. The predicted molar refractivity (Wildman–Crippen MR) is 93.7 cm³/mol. The molecular weight excluding hydrogens is 373 g/mol. The molecule has 3 aromatic rings. The van der Waals surface area contributed by atoms with Gasteiger partial charge in [0.15, 0.2) is 5.65 Å². The van der Waals surface area contributed by atoms with E-state index < -0.39 is 17.5 Å². The lowest BCUT2D eigenvalue weighted by Crippen LogP contribution is -2.49. The van der Waals surface area contributed by atoms with Gasteiger partial charge in [0.1, 0.15) is 11.3 Å². The zero-order chi connectivity index (χ0) is 19.9. The molecule has 0 atom stereocenters. The van der Waals surface area contributed by atoms with Crippen LogP contribution in [0.2, 0.25) is 0 Å². The van der Waals surface area contributed by atoms with Gasteiger partial charge in [-0.2, -0.15) is 13.2 Å². The van der Waals surface area contributed by atoms with Gasteiger partial charge >= 0.3 is 6.18 Å². The molecular formula is C19H17F3N4O2. The lowest BCUT2D eigenvalue weighted by atomic mass is 9.69. The molecule has 9 heteroatoms. The zero-order valence-corrected chi connectivity index (χ0v) is 15.2. The minimum atomic E-state index is -4.53. The van der Waals surface area contributed by atoms with Gasteiger partial charge in [-0.15, -0.1) is 5.10 Å². The molecule has 4 heterocycles. The molecule has 0 radical (unpaired) electrons. The molecule has 0 unspecified atom stereocenters. The minimum Gasteiger partial charge on any atom is -0.507 e. The van der Waals surface area contributed by atoms with Gasteiger partial charge in [-0.1, -0.05) is 0 Å². The first-order valence-corrected chi connectivity index (χ1v) is 8.87. The van der Waals surface area contributed by atoms with Gasteiger partial charge in [-0.05, 0) is 31.5 Å². The second-order valence-electron chi connectivity index (χ2n) is 8.04. The first-order chi connectivity index (χ1) is 13.1. The quantitative estimate of drug-likeness (QED) is 0.721. The third-order valence-corrected chi connectivity index (χ3v) is 5.71. The standard InChI is InChI=1S/C19H17F3N4O2/c1-10-3-11(19(20,21)22)4-14(27)15(10)12-5-23-13-6-26(25-16(13)24-12)18-7-17(2,8-18)28-9-18/h3-6,27H,7-9H2,1-2H3. The van der Waals surface area contributed by atoms with Gasteiger partial charge in [0, 0.05) is 18.4 Å². The maximum absolute atomic E-state index is 12.9. The molecule has 2 bridgehead atoms. The van der Waals surface area contributed by atoms with Gasteiger partial charge in [0.05, 0.1) is 41.4 Å². The Bertz CT molecular complexity index is 1090. The van der Waals surface area contributed by atoms with E-state index in [0.29, 0.717) is 23.8 Å². The van der Waals surface area contributed by atoms with Crippen LogP contribution >= 0.6 is 0 Å². The van der Waals surface area contributed by atoms with E-state index in [9.17, 15) is 18.3 Å². The van der Waals surface area contributed by atoms with Crippen LogP contribution in [0.25, 0.3) is 22.4 Å². The van der Waals surface area contributed by atoms with E-state index in [2.05, 4.69) is 22.0 Å². The lowest BCUT2D eigenvalue weighted by Gasteiger charge is -2.42. The number of phenols is 1. The number of ether oxygens (including phenoxy) is 1. The van der Waals surface area contributed by atoms with Crippen molar-refractivity contribution < 1.29 is 23.0 Å². The average molecular weight is 390 g/mol. The van der Waals surface area contributed by atoms with E-state index in [1.807, 2.05) is 10.9 Å². The number of aryl methyl sites for hydroxylation is 1. The summed E-state index contributed by atoms with van der Waals surface area (Å²) in [5, 5.41) is 14.7. The molecule has 2 aliphatic heterocycles. The fraction of sp³-hybridized carbons (Fsp3) is 0.421. The molecule has 0 amide bonds. The maximum Gasteiger partial charge on any atom is 0.416 e. The van der Waals surface area contributed by atoms with E-state index in [1.54, 1.807) is 0 Å². The van der Waals surface area contributed by atoms with E-state index in [1.165, 1.54) is 13.1 Å². The summed E-state index contributed by atoms with van der Waals surface area (Å²) < 4.78 is 46.5. The second-order valence-corrected chi connectivity index (χ2v) is 8.04. The lowest BCUT2D eigenvalue weighted by molar-refractivity contribution is -0.137. The molecule has 1 saturated carbocycles. The summed E-state index contributed by atoms with van der Waals surface area (Å²) >= 11 is 0. The number of hydrogen-bond acceptors (Lipinski definition) is 5. The normalized spacial score (nSPS) is 26.6. The molecule has 2 aromatic heterocycles. The van der Waals surface area contributed by atoms with Crippen LogP contribution in [-0.4, -0.2) is 37.1 Å². The summed E-state index contributed by atoms with van der Waals surface area (Å²) in [4.78, 5) is 8.79. The number of fused-ring (bicyclic) bond motifs is 2. The van der Waals surface area contributed by atoms with Gasteiger partial charge in [0.2, 0.25) is 0 Å². The van der Waals surface area contributed by atoms with E-state index in [4.69, 9.17) is 4.74 Å². The highest BCUT2D eigenvalue weighted by Gasteiger charge is 2.61. The predicted octanol–water partition coefficient (Wildman–Crippen LogP) is 3.80. The Balaban J connectivity index is 1.56. The highest BCUT2D eigenvalue weighted by Crippen LogP contribution is 2.55. The van der Waals surface area contributed by atoms with Crippen LogP contribution in [0, 0.1) is 6.92 Å². The second kappa shape index (κ2) is 5.22. The van der Waals surface area contributed by atoms with Crippen molar-refractivity contribution in [2.75, 3.05) is 6.61 Å². The molecule has 28 heavy (non-hydrogen) atoms. The van der Waals surface area contributed by atoms with Gasteiger partial charge < -0.3 is 9.84 Å². The summed E-state index contributed by atoms with van der Waals surface area (Å²) in [5.41, 5.74) is 0.553. The highest BCUT2D eigenvalue weighted by molar-refractivity contribution is 5.77. The van der Waals surface area contributed by atoms with Crippen molar-refractivity contribution in [1.29, 1.82) is 0 Å². The summed E-state index contributed by atoms with van der Waals surface area (Å²) in [7, 11) is 0. The van der Waals surface area contributed by atoms with E-state index >= 15 is 0 Å². The molecule has 1 aromatic carbocycles. The smallest absolute Gasteiger partial charge is 0.416 e. The summed E-state index contributed by atoms with van der Waals surface area (Å²) in [5.74, 6) is -0.488. The number of benzene rings is 1. The fourth-order valence-corrected chi connectivity index (χ4v) is 4.51. The number of alkyl halides is 3. The maximum atomic E-state index is 12.9. The van der Waals surface area contributed by atoms with Crippen LogP contribution < -0.4 is 0 Å². The Labute approximate surface area is 158 Å². The third-order valence-electron chi connectivity index (χ3n) is 5.71. The average Bonchev–Trinajstić information content (AvgIpc) is 3.23. The number of aromatic nitrogens is 4. The van der Waals surface area contributed by atoms with Crippen molar-refractivity contribution in [3.8, 4) is 17.0 Å². The first-order valence-electron chi connectivity index (χ1n) is 8.87. The summed E-state index contributed by atoms with van der Waals surface area (Å²) in [6.07, 6.45) is 0.478. The zero-order valence-electron chi connectivity index (χ0n) is 15.2. The van der Waals surface area contributed by atoms with Crippen LogP contribution in [0.3, 0.4) is 0 Å². The molecule has 3 aliphatic rings. The SMILES string of the molecule is Cc1cc(C(F)(F)F)cc(O)c1-c1cnc2cn(C34COC(C)(C3)C4)nc2n1. The molecule has 3 fully saturated rings. The largest absolute Gasteiger partial charge is 0.507 e. The molecule has 146 valence electrons. The Hall–Kier alpha value is -2.68. The van der Waals surface area contributed by atoms with Crippen LogP contribution in [0.5, 0.6) is 5.75 Å². The third kappa shape index (κ3) is 2.42. The van der Waals surface area contributed by atoms with E-state index in [0.717, 1.165) is 18.9 Å². The number of rotatable bonds is 2. The molecule has 1 N–H and O–H groups in total. The summed E-state index contributed by atoms with van der Waals surface area (Å²) in [6.45, 7) is 4.16. The molecule has 0 spiro atoms. The number of phenolic OH excluding ortho intramolecular Hbond substituents is 1. The highest BCUT2D eigenvalue weighted by atomic mass is 19.4. The molecule has 6 rings (SSSR count). The molecule has 2 saturated heterocycles. The first kappa shape index (κ1) is 17.4. The Morgan fingerprint density at radius 1 is 1.25 bits per heavy atom. The van der Waals surface area contributed by atoms with Crippen molar-refractivity contribution >= 4 is 11.2 Å².